The molecule has 0 spiro atoms. The molecule has 1 aliphatic rings. The van der Waals surface area contributed by atoms with Crippen LogP contribution in [0, 0.1) is 11.8 Å². The number of hydrogen-bond donors (Lipinski definition) is 1. The van der Waals surface area contributed by atoms with Crippen LogP contribution in [0.25, 0.3) is 0 Å². The van der Waals surface area contributed by atoms with Gasteiger partial charge in [-0.2, -0.15) is 0 Å². The van der Waals surface area contributed by atoms with Crippen molar-refractivity contribution < 1.29 is 0 Å². The molecule has 1 saturated carbocycles. The fourth-order valence-electron chi connectivity index (χ4n) is 3.03. The first-order valence-corrected chi connectivity index (χ1v) is 7.16. The third-order valence-corrected chi connectivity index (χ3v) is 4.06. The maximum atomic E-state index is 3.39. The van der Waals surface area contributed by atoms with E-state index in [1.807, 2.05) is 0 Å². The first-order valence-electron chi connectivity index (χ1n) is 7.16. The molecule has 0 saturated heterocycles. The molecule has 2 unspecified atom stereocenters. The van der Waals surface area contributed by atoms with E-state index in [1.165, 1.54) is 38.5 Å². The van der Waals surface area contributed by atoms with Crippen molar-refractivity contribution in [1.29, 1.82) is 0 Å². The van der Waals surface area contributed by atoms with Gasteiger partial charge >= 0.3 is 0 Å². The molecule has 1 nitrogen and oxygen atoms in total. The summed E-state index contributed by atoms with van der Waals surface area (Å²) in [6.45, 7) is 9.11. The summed E-state index contributed by atoms with van der Waals surface area (Å²) in [5, 5.41) is 3.39. The lowest BCUT2D eigenvalue weighted by molar-refractivity contribution is 0.264. The molecule has 1 heteroatoms. The highest BCUT2D eigenvalue weighted by Gasteiger charge is 2.24. The molecule has 0 aromatic carbocycles. The second kappa shape index (κ2) is 7.89. The summed E-state index contributed by atoms with van der Waals surface area (Å²) in [4.78, 5) is 0. The van der Waals surface area contributed by atoms with Gasteiger partial charge in [-0.3, -0.25) is 0 Å². The monoisotopic (exact) mass is 223 g/mol. The molecule has 2 atom stereocenters. The highest BCUT2D eigenvalue weighted by molar-refractivity contribution is 5.06. The average molecular weight is 223 g/mol. The molecular weight excluding hydrogens is 194 g/mol. The minimum Gasteiger partial charge on any atom is -0.317 e. The SMILES string of the molecule is CCNCCC=C(C)C1CCCCC1CC. The van der Waals surface area contributed by atoms with Gasteiger partial charge in [0.25, 0.3) is 0 Å². The number of rotatable bonds is 6. The molecule has 0 aromatic heterocycles. The third kappa shape index (κ3) is 4.29. The predicted molar refractivity (Wildman–Crippen MR) is 72.7 cm³/mol. The van der Waals surface area contributed by atoms with E-state index in [1.54, 1.807) is 5.57 Å². The van der Waals surface area contributed by atoms with Crippen molar-refractivity contribution in [3.8, 4) is 0 Å². The molecular formula is C15H29N. The number of nitrogens with one attached hydrogen (secondary N) is 1. The van der Waals surface area contributed by atoms with Gasteiger partial charge in [0.2, 0.25) is 0 Å². The molecule has 0 heterocycles. The molecule has 0 amide bonds. The molecule has 16 heavy (non-hydrogen) atoms. The van der Waals surface area contributed by atoms with E-state index < -0.39 is 0 Å². The third-order valence-electron chi connectivity index (χ3n) is 4.06. The fraction of sp³-hybridized carbons (Fsp3) is 0.867. The van der Waals surface area contributed by atoms with Gasteiger partial charge in [-0.15, -0.1) is 0 Å². The number of allylic oxidation sites excluding steroid dienone is 1. The van der Waals surface area contributed by atoms with Gasteiger partial charge < -0.3 is 5.32 Å². The molecule has 0 aliphatic heterocycles. The standard InChI is InChI=1S/C15H29N/c1-4-14-10-6-7-11-15(14)13(3)9-8-12-16-5-2/h9,14-16H,4-8,10-12H2,1-3H3. The molecule has 0 radical (unpaired) electrons. The van der Waals surface area contributed by atoms with Gasteiger partial charge in [0.1, 0.15) is 0 Å². The first-order chi connectivity index (χ1) is 7.79. The lowest BCUT2D eigenvalue weighted by Gasteiger charge is -2.31. The van der Waals surface area contributed by atoms with Gasteiger partial charge in [0, 0.05) is 0 Å². The van der Waals surface area contributed by atoms with Crippen molar-refractivity contribution >= 4 is 0 Å². The summed E-state index contributed by atoms with van der Waals surface area (Å²) in [6, 6.07) is 0. The van der Waals surface area contributed by atoms with E-state index in [2.05, 4.69) is 32.2 Å². The summed E-state index contributed by atoms with van der Waals surface area (Å²) in [6.07, 6.45) is 10.8. The van der Waals surface area contributed by atoms with Crippen molar-refractivity contribution in [2.45, 2.75) is 59.3 Å². The average Bonchev–Trinajstić information content (AvgIpc) is 2.34. The lowest BCUT2D eigenvalue weighted by Crippen LogP contribution is -2.20. The Labute approximate surface area is 102 Å². The van der Waals surface area contributed by atoms with E-state index in [4.69, 9.17) is 0 Å². The molecule has 1 fully saturated rings. The van der Waals surface area contributed by atoms with Gasteiger partial charge in [0.05, 0.1) is 0 Å². The zero-order chi connectivity index (χ0) is 11.8. The molecule has 0 bridgehead atoms. The summed E-state index contributed by atoms with van der Waals surface area (Å²) in [5.74, 6) is 1.85. The highest BCUT2D eigenvalue weighted by atomic mass is 14.8. The first kappa shape index (κ1) is 13.8. The highest BCUT2D eigenvalue weighted by Crippen LogP contribution is 2.36. The van der Waals surface area contributed by atoms with E-state index in [-0.39, 0.29) is 0 Å². The van der Waals surface area contributed by atoms with Crippen molar-refractivity contribution in [3.05, 3.63) is 11.6 Å². The van der Waals surface area contributed by atoms with Crippen LogP contribution in [0.2, 0.25) is 0 Å². The van der Waals surface area contributed by atoms with Crippen LogP contribution in [-0.4, -0.2) is 13.1 Å². The Kier molecular flexibility index (Phi) is 6.79. The maximum Gasteiger partial charge on any atom is -0.00143 e. The lowest BCUT2D eigenvalue weighted by atomic mass is 9.74. The van der Waals surface area contributed by atoms with Crippen LogP contribution in [0.15, 0.2) is 11.6 Å². The van der Waals surface area contributed by atoms with Crippen molar-refractivity contribution in [2.75, 3.05) is 13.1 Å². The van der Waals surface area contributed by atoms with E-state index >= 15 is 0 Å². The van der Waals surface area contributed by atoms with Gasteiger partial charge in [-0.25, -0.2) is 0 Å². The molecule has 1 N–H and O–H groups in total. The Morgan fingerprint density at radius 2 is 2.00 bits per heavy atom. The second-order valence-corrected chi connectivity index (χ2v) is 5.15. The van der Waals surface area contributed by atoms with Gasteiger partial charge in [-0.05, 0) is 51.1 Å². The van der Waals surface area contributed by atoms with Crippen LogP contribution in [0.1, 0.15) is 59.3 Å². The zero-order valence-electron chi connectivity index (χ0n) is 11.4. The molecule has 0 aromatic rings. The minimum absolute atomic E-state index is 0.889. The summed E-state index contributed by atoms with van der Waals surface area (Å²) < 4.78 is 0. The zero-order valence-corrected chi connectivity index (χ0v) is 11.4. The van der Waals surface area contributed by atoms with E-state index in [0.717, 1.165) is 24.9 Å². The topological polar surface area (TPSA) is 12.0 Å². The van der Waals surface area contributed by atoms with Crippen LogP contribution in [0.3, 0.4) is 0 Å². The molecule has 94 valence electrons. The molecule has 1 aliphatic carbocycles. The Bertz CT molecular complexity index is 207. The van der Waals surface area contributed by atoms with Crippen molar-refractivity contribution in [1.82, 2.24) is 5.32 Å². The Morgan fingerprint density at radius 3 is 2.69 bits per heavy atom. The van der Waals surface area contributed by atoms with E-state index in [0.29, 0.717) is 0 Å². The summed E-state index contributed by atoms with van der Waals surface area (Å²) >= 11 is 0. The van der Waals surface area contributed by atoms with Gasteiger partial charge in [-0.1, -0.05) is 44.8 Å². The fourth-order valence-corrected chi connectivity index (χ4v) is 3.03. The van der Waals surface area contributed by atoms with Crippen LogP contribution in [0.5, 0.6) is 0 Å². The minimum atomic E-state index is 0.889. The largest absolute Gasteiger partial charge is 0.317 e. The summed E-state index contributed by atoms with van der Waals surface area (Å²) in [7, 11) is 0. The van der Waals surface area contributed by atoms with Crippen molar-refractivity contribution in [2.24, 2.45) is 11.8 Å². The van der Waals surface area contributed by atoms with E-state index in [9.17, 15) is 0 Å². The Balaban J connectivity index is 2.40. The van der Waals surface area contributed by atoms with Crippen LogP contribution in [-0.2, 0) is 0 Å². The van der Waals surface area contributed by atoms with Gasteiger partial charge in [0.15, 0.2) is 0 Å². The quantitative estimate of drug-likeness (QED) is 0.527. The van der Waals surface area contributed by atoms with Crippen LogP contribution < -0.4 is 5.32 Å². The van der Waals surface area contributed by atoms with Crippen molar-refractivity contribution in [3.63, 3.8) is 0 Å². The molecule has 1 rings (SSSR count). The smallest absolute Gasteiger partial charge is 0.00143 e. The van der Waals surface area contributed by atoms with Crippen LogP contribution in [0.4, 0.5) is 0 Å². The Morgan fingerprint density at radius 1 is 1.25 bits per heavy atom. The maximum absolute atomic E-state index is 3.39. The second-order valence-electron chi connectivity index (χ2n) is 5.15. The number of hydrogen-bond acceptors (Lipinski definition) is 1. The van der Waals surface area contributed by atoms with Crippen LogP contribution >= 0.6 is 0 Å². The predicted octanol–water partition coefficient (Wildman–Crippen LogP) is 4.15. The normalized spacial score (nSPS) is 27.1. The summed E-state index contributed by atoms with van der Waals surface area (Å²) in [5.41, 5.74) is 1.66. The Hall–Kier alpha value is -0.300.